The molecule has 4 aromatic rings. The smallest absolute Gasteiger partial charge is 0.251 e. The van der Waals surface area contributed by atoms with Crippen LogP contribution in [-0.4, -0.2) is 23.0 Å². The highest BCUT2D eigenvalue weighted by molar-refractivity contribution is 5.94. The molecule has 0 aliphatic heterocycles. The number of benzene rings is 3. The molecule has 0 fully saturated rings. The molecule has 5 heteroatoms. The molecule has 5 nitrogen and oxygen atoms in total. The van der Waals surface area contributed by atoms with Gasteiger partial charge < -0.3 is 15.0 Å². The van der Waals surface area contributed by atoms with Crippen LogP contribution < -0.4 is 10.1 Å². The predicted octanol–water partition coefficient (Wildman–Crippen LogP) is 4.29. The van der Waals surface area contributed by atoms with E-state index >= 15 is 0 Å². The first-order valence-electron chi connectivity index (χ1n) is 9.16. The van der Waals surface area contributed by atoms with Crippen LogP contribution >= 0.6 is 0 Å². The lowest BCUT2D eigenvalue weighted by Crippen LogP contribution is -2.30. The highest BCUT2D eigenvalue weighted by atomic mass is 16.5. The Morgan fingerprint density at radius 3 is 2.43 bits per heavy atom. The van der Waals surface area contributed by atoms with Gasteiger partial charge in [-0.25, -0.2) is 4.98 Å². The van der Waals surface area contributed by atoms with Crippen molar-refractivity contribution in [2.45, 2.75) is 12.5 Å². The molecule has 0 unspecified atom stereocenters. The lowest BCUT2D eigenvalue weighted by atomic mass is 10.0. The molecule has 0 radical (unpaired) electrons. The van der Waals surface area contributed by atoms with Gasteiger partial charge in [-0.05, 0) is 42.0 Å². The highest BCUT2D eigenvalue weighted by Crippen LogP contribution is 2.22. The molecule has 0 saturated heterocycles. The minimum absolute atomic E-state index is 0.113. The second-order valence-electron chi connectivity index (χ2n) is 6.57. The van der Waals surface area contributed by atoms with Crippen LogP contribution in [0, 0.1) is 0 Å². The largest absolute Gasteiger partial charge is 0.497 e. The number of para-hydroxylation sites is 2. The van der Waals surface area contributed by atoms with E-state index in [1.54, 1.807) is 7.11 Å². The first kappa shape index (κ1) is 17.8. The van der Waals surface area contributed by atoms with Gasteiger partial charge in [0.2, 0.25) is 0 Å². The van der Waals surface area contributed by atoms with Crippen molar-refractivity contribution >= 4 is 16.9 Å². The van der Waals surface area contributed by atoms with Crippen LogP contribution in [0.25, 0.3) is 11.0 Å². The summed E-state index contributed by atoms with van der Waals surface area (Å²) in [5.41, 5.74) is 3.52. The van der Waals surface area contributed by atoms with E-state index in [4.69, 9.17) is 4.74 Å². The van der Waals surface area contributed by atoms with Gasteiger partial charge in [0.15, 0.2) is 0 Å². The molecule has 1 atom stereocenters. The van der Waals surface area contributed by atoms with Crippen LogP contribution in [0.5, 0.6) is 5.75 Å². The Kier molecular flexibility index (Phi) is 5.06. The van der Waals surface area contributed by atoms with E-state index in [9.17, 15) is 4.79 Å². The summed E-state index contributed by atoms with van der Waals surface area (Å²) < 4.78 is 5.25. The fourth-order valence-corrected chi connectivity index (χ4v) is 3.22. The molecule has 1 aromatic heterocycles. The molecule has 2 N–H and O–H groups in total. The van der Waals surface area contributed by atoms with Crippen LogP contribution in [0.1, 0.15) is 27.8 Å². The molecular formula is C23H21N3O2. The number of hydrogen-bond donors (Lipinski definition) is 2. The summed E-state index contributed by atoms with van der Waals surface area (Å²) in [4.78, 5) is 20.8. The molecular weight excluding hydrogens is 350 g/mol. The van der Waals surface area contributed by atoms with E-state index in [0.29, 0.717) is 12.0 Å². The maximum Gasteiger partial charge on any atom is 0.251 e. The van der Waals surface area contributed by atoms with E-state index in [2.05, 4.69) is 15.3 Å². The van der Waals surface area contributed by atoms with Crippen molar-refractivity contribution in [2.24, 2.45) is 0 Å². The number of carbonyl (C=O) groups is 1. The number of aromatic amines is 1. The molecule has 4 rings (SSSR count). The van der Waals surface area contributed by atoms with E-state index in [-0.39, 0.29) is 11.9 Å². The van der Waals surface area contributed by atoms with Crippen molar-refractivity contribution in [2.75, 3.05) is 7.11 Å². The molecule has 0 saturated carbocycles. The van der Waals surface area contributed by atoms with Gasteiger partial charge in [-0.3, -0.25) is 4.79 Å². The summed E-state index contributed by atoms with van der Waals surface area (Å²) in [6, 6.07) is 24.6. The van der Waals surface area contributed by atoms with Crippen molar-refractivity contribution < 1.29 is 9.53 Å². The second-order valence-corrected chi connectivity index (χ2v) is 6.57. The van der Waals surface area contributed by atoms with Crippen molar-refractivity contribution in [1.29, 1.82) is 0 Å². The first-order valence-corrected chi connectivity index (χ1v) is 9.16. The average Bonchev–Trinajstić information content (AvgIpc) is 3.16. The average molecular weight is 371 g/mol. The van der Waals surface area contributed by atoms with Gasteiger partial charge in [-0.15, -0.1) is 0 Å². The summed E-state index contributed by atoms with van der Waals surface area (Å²) in [6.45, 7) is 0. The summed E-state index contributed by atoms with van der Waals surface area (Å²) >= 11 is 0. The fraction of sp³-hybridized carbons (Fsp3) is 0.130. The summed E-state index contributed by atoms with van der Waals surface area (Å²) in [5.74, 6) is 1.49. The number of nitrogens with zero attached hydrogens (tertiary/aromatic N) is 1. The number of aromatic nitrogens is 2. The Balaban J connectivity index is 1.62. The summed E-state index contributed by atoms with van der Waals surface area (Å²) in [5, 5.41) is 3.14. The van der Waals surface area contributed by atoms with Gasteiger partial charge in [0, 0.05) is 12.0 Å². The van der Waals surface area contributed by atoms with Crippen LogP contribution in [0.3, 0.4) is 0 Å². The fourth-order valence-electron chi connectivity index (χ4n) is 3.22. The van der Waals surface area contributed by atoms with Gasteiger partial charge in [0.25, 0.3) is 5.91 Å². The van der Waals surface area contributed by atoms with E-state index in [0.717, 1.165) is 28.2 Å². The Hall–Kier alpha value is -3.60. The van der Waals surface area contributed by atoms with Gasteiger partial charge in [0.05, 0.1) is 24.2 Å². The zero-order chi connectivity index (χ0) is 19.3. The second kappa shape index (κ2) is 7.96. The van der Waals surface area contributed by atoms with Gasteiger partial charge >= 0.3 is 0 Å². The maximum absolute atomic E-state index is 12.7. The van der Waals surface area contributed by atoms with E-state index < -0.39 is 0 Å². The monoisotopic (exact) mass is 371 g/mol. The number of nitrogens with one attached hydrogen (secondary N) is 2. The lowest BCUT2D eigenvalue weighted by molar-refractivity contribution is 0.0936. The van der Waals surface area contributed by atoms with Gasteiger partial charge in [-0.2, -0.15) is 0 Å². The Bertz CT molecular complexity index is 1040. The molecule has 3 aromatic carbocycles. The molecule has 0 spiro atoms. The number of fused-ring (bicyclic) bond motifs is 1. The first-order chi connectivity index (χ1) is 13.7. The third-order valence-corrected chi connectivity index (χ3v) is 4.70. The number of methoxy groups -OCH3 is 1. The van der Waals surface area contributed by atoms with E-state index in [1.165, 1.54) is 0 Å². The number of amides is 1. The summed E-state index contributed by atoms with van der Waals surface area (Å²) in [6.07, 6.45) is 0.555. The number of ether oxygens (including phenoxy) is 1. The number of rotatable bonds is 6. The SMILES string of the molecule is COc1ccc([C@@H](Cc2nc3ccccc3[nH]2)NC(=O)c2ccccc2)cc1. The van der Waals surface area contributed by atoms with Crippen LogP contribution in [0.15, 0.2) is 78.9 Å². The van der Waals surface area contributed by atoms with Crippen molar-refractivity contribution in [1.82, 2.24) is 15.3 Å². The normalized spacial score (nSPS) is 11.9. The van der Waals surface area contributed by atoms with Crippen molar-refractivity contribution in [3.8, 4) is 5.75 Å². The quantitative estimate of drug-likeness (QED) is 0.531. The topological polar surface area (TPSA) is 67.0 Å². The minimum atomic E-state index is -0.223. The number of imidazole rings is 1. The lowest BCUT2D eigenvalue weighted by Gasteiger charge is -2.19. The minimum Gasteiger partial charge on any atom is -0.497 e. The highest BCUT2D eigenvalue weighted by Gasteiger charge is 2.18. The zero-order valence-electron chi connectivity index (χ0n) is 15.6. The zero-order valence-corrected chi connectivity index (χ0v) is 15.6. The standard InChI is InChI=1S/C23H21N3O2/c1-28-18-13-11-16(12-14-18)21(26-23(27)17-7-3-2-4-8-17)15-22-24-19-9-5-6-10-20(19)25-22/h2-14,21H,15H2,1H3,(H,24,25)(H,26,27)/t21-/m1/s1. The van der Waals surface area contributed by atoms with Crippen LogP contribution in [0.2, 0.25) is 0 Å². The van der Waals surface area contributed by atoms with Crippen molar-refractivity contribution in [3.05, 3.63) is 95.8 Å². The Morgan fingerprint density at radius 2 is 1.71 bits per heavy atom. The van der Waals surface area contributed by atoms with E-state index in [1.807, 2.05) is 78.9 Å². The van der Waals surface area contributed by atoms with Gasteiger partial charge in [-0.1, -0.05) is 42.5 Å². The third-order valence-electron chi connectivity index (χ3n) is 4.70. The number of carbonyl (C=O) groups excluding carboxylic acids is 1. The van der Waals surface area contributed by atoms with Crippen LogP contribution in [0.4, 0.5) is 0 Å². The molecule has 0 bridgehead atoms. The molecule has 0 aliphatic carbocycles. The Morgan fingerprint density at radius 1 is 1.00 bits per heavy atom. The molecule has 0 aliphatic rings. The van der Waals surface area contributed by atoms with Crippen LogP contribution in [-0.2, 0) is 6.42 Å². The predicted molar refractivity (Wildman–Crippen MR) is 109 cm³/mol. The molecule has 1 heterocycles. The van der Waals surface area contributed by atoms with Crippen molar-refractivity contribution in [3.63, 3.8) is 0 Å². The number of hydrogen-bond acceptors (Lipinski definition) is 3. The third kappa shape index (κ3) is 3.88. The molecule has 140 valence electrons. The van der Waals surface area contributed by atoms with Gasteiger partial charge in [0.1, 0.15) is 11.6 Å². The molecule has 28 heavy (non-hydrogen) atoms. The maximum atomic E-state index is 12.7. The summed E-state index contributed by atoms with van der Waals surface area (Å²) in [7, 11) is 1.64. The Labute approximate surface area is 163 Å². The number of H-pyrrole nitrogens is 1. The molecule has 1 amide bonds.